The van der Waals surface area contributed by atoms with Gasteiger partial charge >= 0.3 is 5.97 Å². The van der Waals surface area contributed by atoms with Gasteiger partial charge in [-0.1, -0.05) is 12.1 Å². The number of morpholine rings is 1. The summed E-state index contributed by atoms with van der Waals surface area (Å²) in [4.78, 5) is 24.8. The molecule has 3 heterocycles. The highest BCUT2D eigenvalue weighted by Gasteiger charge is 2.22. The molecule has 1 aliphatic rings. The maximum Gasteiger partial charge on any atom is 0.337 e. The summed E-state index contributed by atoms with van der Waals surface area (Å²) in [5.74, 6) is 1.01. The van der Waals surface area contributed by atoms with Gasteiger partial charge in [-0.2, -0.15) is 5.26 Å². The van der Waals surface area contributed by atoms with Gasteiger partial charge in [0, 0.05) is 18.7 Å². The average molecular weight is 394 g/mol. The number of ether oxygens (including phenoxy) is 2. The smallest absolute Gasteiger partial charge is 0.337 e. The van der Waals surface area contributed by atoms with Crippen LogP contribution in [0.4, 0.5) is 5.82 Å². The second-order valence-corrected chi connectivity index (χ2v) is 7.39. The first kappa shape index (κ1) is 18.3. The minimum Gasteiger partial charge on any atom is -0.465 e. The van der Waals surface area contributed by atoms with Crippen molar-refractivity contribution in [2.75, 3.05) is 38.3 Å². The summed E-state index contributed by atoms with van der Waals surface area (Å²) in [5.41, 5.74) is 2.18. The van der Waals surface area contributed by atoms with E-state index < -0.39 is 0 Å². The number of hydrogen-bond donors (Lipinski definition) is 0. The van der Waals surface area contributed by atoms with Crippen LogP contribution < -0.4 is 4.90 Å². The highest BCUT2D eigenvalue weighted by Crippen LogP contribution is 2.37. The largest absolute Gasteiger partial charge is 0.465 e. The van der Waals surface area contributed by atoms with Gasteiger partial charge in [-0.25, -0.2) is 14.8 Å². The predicted molar refractivity (Wildman–Crippen MR) is 107 cm³/mol. The molecule has 0 bridgehead atoms. The molecule has 0 unspecified atom stereocenters. The number of esters is 1. The van der Waals surface area contributed by atoms with Crippen LogP contribution >= 0.6 is 11.3 Å². The summed E-state index contributed by atoms with van der Waals surface area (Å²) in [6.07, 6.45) is 0. The summed E-state index contributed by atoms with van der Waals surface area (Å²) >= 11 is 1.38. The molecule has 0 aliphatic carbocycles. The molecule has 0 radical (unpaired) electrons. The number of hydrogen-bond acceptors (Lipinski definition) is 8. The van der Waals surface area contributed by atoms with Gasteiger partial charge < -0.3 is 14.4 Å². The van der Waals surface area contributed by atoms with Crippen molar-refractivity contribution in [1.29, 1.82) is 5.26 Å². The van der Waals surface area contributed by atoms with Crippen molar-refractivity contribution in [3.05, 3.63) is 40.3 Å². The van der Waals surface area contributed by atoms with E-state index in [0.717, 1.165) is 40.3 Å². The molecule has 0 N–H and O–H groups in total. The van der Waals surface area contributed by atoms with Crippen molar-refractivity contribution in [2.24, 2.45) is 0 Å². The van der Waals surface area contributed by atoms with Crippen molar-refractivity contribution in [1.82, 2.24) is 9.97 Å². The van der Waals surface area contributed by atoms with Crippen LogP contribution in [0.5, 0.6) is 0 Å². The standard InChI is InChI=1S/C20H18N4O3S/c1-12-15(11-21)28-19-16(12)18(24-7-9-27-10-8-24)22-17(23-19)13-3-5-14(6-4-13)20(25)26-2/h3-6H,7-10H2,1-2H3. The third kappa shape index (κ3) is 3.19. The number of fused-ring (bicyclic) bond motifs is 1. The highest BCUT2D eigenvalue weighted by molar-refractivity contribution is 7.19. The summed E-state index contributed by atoms with van der Waals surface area (Å²) < 4.78 is 10.2. The number of methoxy groups -OCH3 is 1. The van der Waals surface area contributed by atoms with E-state index in [1.165, 1.54) is 18.4 Å². The summed E-state index contributed by atoms with van der Waals surface area (Å²) in [7, 11) is 1.35. The van der Waals surface area contributed by atoms with E-state index >= 15 is 0 Å². The number of aromatic nitrogens is 2. The Morgan fingerprint density at radius 1 is 1.25 bits per heavy atom. The summed E-state index contributed by atoms with van der Waals surface area (Å²) in [5, 5.41) is 10.4. The highest BCUT2D eigenvalue weighted by atomic mass is 32.1. The van der Waals surface area contributed by atoms with Crippen LogP contribution in [-0.4, -0.2) is 49.4 Å². The molecule has 7 nitrogen and oxygen atoms in total. The number of carbonyl (C=O) groups is 1. The molecular weight excluding hydrogens is 376 g/mol. The SMILES string of the molecule is COC(=O)c1ccc(-c2nc(N3CCOCC3)c3c(C)c(C#N)sc3n2)cc1. The number of aryl methyl sites for hydroxylation is 1. The number of nitriles is 1. The number of anilines is 1. The number of carbonyl (C=O) groups excluding carboxylic acids is 1. The fraction of sp³-hybridized carbons (Fsp3) is 0.300. The lowest BCUT2D eigenvalue weighted by atomic mass is 10.1. The Hall–Kier alpha value is -3.02. The van der Waals surface area contributed by atoms with E-state index in [9.17, 15) is 10.1 Å². The van der Waals surface area contributed by atoms with Crippen LogP contribution in [0, 0.1) is 18.3 Å². The fourth-order valence-electron chi connectivity index (χ4n) is 3.23. The van der Waals surface area contributed by atoms with E-state index in [0.29, 0.717) is 29.5 Å². The molecule has 142 valence electrons. The maximum atomic E-state index is 11.7. The van der Waals surface area contributed by atoms with Crippen LogP contribution in [0.1, 0.15) is 20.8 Å². The molecule has 4 rings (SSSR count). The number of thiophene rings is 1. The minimum absolute atomic E-state index is 0.385. The van der Waals surface area contributed by atoms with Crippen LogP contribution in [0.15, 0.2) is 24.3 Å². The van der Waals surface area contributed by atoms with Crippen molar-refractivity contribution < 1.29 is 14.3 Å². The molecule has 1 fully saturated rings. The Labute approximate surface area is 166 Å². The van der Waals surface area contributed by atoms with Gasteiger partial charge in [0.2, 0.25) is 0 Å². The molecule has 0 saturated carbocycles. The van der Waals surface area contributed by atoms with Gasteiger partial charge in [0.05, 0.1) is 31.3 Å². The zero-order valence-corrected chi connectivity index (χ0v) is 16.4. The molecule has 3 aromatic rings. The summed E-state index contributed by atoms with van der Waals surface area (Å²) in [6.45, 7) is 4.70. The number of nitrogens with zero attached hydrogens (tertiary/aromatic N) is 4. The van der Waals surface area contributed by atoms with Gasteiger partial charge in [-0.05, 0) is 24.6 Å². The van der Waals surface area contributed by atoms with E-state index in [1.807, 2.05) is 19.1 Å². The van der Waals surface area contributed by atoms with Gasteiger partial charge in [0.15, 0.2) is 5.82 Å². The Kier molecular flexibility index (Phi) is 4.94. The zero-order valence-electron chi connectivity index (χ0n) is 15.6. The molecule has 0 atom stereocenters. The number of benzene rings is 1. The normalized spacial score (nSPS) is 14.1. The lowest BCUT2D eigenvalue weighted by molar-refractivity contribution is 0.0600. The Bertz CT molecular complexity index is 1080. The molecule has 1 aliphatic heterocycles. The van der Waals surface area contributed by atoms with Gasteiger partial charge in [0.25, 0.3) is 0 Å². The van der Waals surface area contributed by atoms with Crippen molar-refractivity contribution >= 4 is 33.3 Å². The van der Waals surface area contributed by atoms with Crippen LogP contribution in [0.3, 0.4) is 0 Å². The molecule has 1 aromatic carbocycles. The van der Waals surface area contributed by atoms with Crippen LogP contribution in [-0.2, 0) is 9.47 Å². The molecule has 0 spiro atoms. The summed E-state index contributed by atoms with van der Waals surface area (Å²) in [6, 6.07) is 9.27. The average Bonchev–Trinajstić information content (AvgIpc) is 3.09. The Morgan fingerprint density at radius 3 is 2.61 bits per heavy atom. The minimum atomic E-state index is -0.385. The van der Waals surface area contributed by atoms with E-state index in [-0.39, 0.29) is 5.97 Å². The van der Waals surface area contributed by atoms with Gasteiger partial charge in [0.1, 0.15) is 21.6 Å². The quantitative estimate of drug-likeness (QED) is 0.631. The molecule has 1 saturated heterocycles. The van der Waals surface area contributed by atoms with E-state index in [4.69, 9.17) is 19.4 Å². The first-order valence-electron chi connectivity index (χ1n) is 8.85. The van der Waals surface area contributed by atoms with Gasteiger partial charge in [-0.15, -0.1) is 11.3 Å². The molecule has 0 amide bonds. The Balaban J connectivity index is 1.85. The molecule has 28 heavy (non-hydrogen) atoms. The monoisotopic (exact) mass is 394 g/mol. The molecule has 8 heteroatoms. The first-order chi connectivity index (χ1) is 13.6. The molecular formula is C20H18N4O3S. The lowest BCUT2D eigenvalue weighted by Crippen LogP contribution is -2.37. The predicted octanol–water partition coefficient (Wildman–Crippen LogP) is 3.16. The van der Waals surface area contributed by atoms with Crippen LogP contribution in [0.2, 0.25) is 0 Å². The third-order valence-corrected chi connectivity index (χ3v) is 5.84. The van der Waals surface area contributed by atoms with Gasteiger partial charge in [-0.3, -0.25) is 0 Å². The van der Waals surface area contributed by atoms with Crippen molar-refractivity contribution in [2.45, 2.75) is 6.92 Å². The Morgan fingerprint density at radius 2 is 1.96 bits per heavy atom. The van der Waals surface area contributed by atoms with Crippen LogP contribution in [0.25, 0.3) is 21.6 Å². The lowest BCUT2D eigenvalue weighted by Gasteiger charge is -2.28. The zero-order chi connectivity index (χ0) is 19.7. The third-order valence-electron chi connectivity index (χ3n) is 4.75. The fourth-order valence-corrected chi connectivity index (χ4v) is 4.20. The first-order valence-corrected chi connectivity index (χ1v) is 9.66. The topological polar surface area (TPSA) is 88.3 Å². The second kappa shape index (κ2) is 7.54. The number of rotatable bonds is 3. The molecule has 2 aromatic heterocycles. The second-order valence-electron chi connectivity index (χ2n) is 6.39. The van der Waals surface area contributed by atoms with E-state index in [1.54, 1.807) is 12.1 Å². The van der Waals surface area contributed by atoms with Crippen molar-refractivity contribution in [3.8, 4) is 17.5 Å². The van der Waals surface area contributed by atoms with E-state index in [2.05, 4.69) is 11.0 Å². The van der Waals surface area contributed by atoms with Crippen molar-refractivity contribution in [3.63, 3.8) is 0 Å². The maximum absolute atomic E-state index is 11.7.